The van der Waals surface area contributed by atoms with Gasteiger partial charge in [0.1, 0.15) is 12.5 Å². The highest BCUT2D eigenvalue weighted by atomic mass is 19.3. The van der Waals surface area contributed by atoms with Crippen molar-refractivity contribution in [3.05, 3.63) is 41.2 Å². The second-order valence-electron chi connectivity index (χ2n) is 8.25. The Bertz CT molecular complexity index is 1040. The highest BCUT2D eigenvalue weighted by molar-refractivity contribution is 5.89. The molecule has 1 saturated heterocycles. The minimum atomic E-state index is -3.24. The molecule has 0 bridgehead atoms. The lowest BCUT2D eigenvalue weighted by Crippen LogP contribution is -2.42. The number of anilines is 1. The summed E-state index contributed by atoms with van der Waals surface area (Å²) in [5.74, 6) is -3.40. The molecule has 1 fully saturated rings. The lowest BCUT2D eigenvalue weighted by atomic mass is 9.76. The van der Waals surface area contributed by atoms with E-state index in [0.717, 1.165) is 6.07 Å². The Morgan fingerprint density at radius 1 is 1.27 bits per heavy atom. The molecule has 0 unspecified atom stereocenters. The van der Waals surface area contributed by atoms with Gasteiger partial charge in [-0.3, -0.25) is 14.7 Å². The molecule has 0 aliphatic carbocycles. The van der Waals surface area contributed by atoms with Gasteiger partial charge in [-0.15, -0.1) is 0 Å². The van der Waals surface area contributed by atoms with E-state index in [4.69, 9.17) is 4.74 Å². The van der Waals surface area contributed by atoms with Crippen molar-refractivity contribution in [2.75, 3.05) is 25.1 Å². The second kappa shape index (κ2) is 8.85. The minimum Gasteiger partial charge on any atom is -0.435 e. The van der Waals surface area contributed by atoms with Crippen LogP contribution in [0.2, 0.25) is 0 Å². The first-order valence-electron chi connectivity index (χ1n) is 10.6. The molecule has 4 rings (SSSR count). The van der Waals surface area contributed by atoms with E-state index in [-0.39, 0.29) is 33.9 Å². The van der Waals surface area contributed by atoms with Crippen molar-refractivity contribution >= 4 is 11.9 Å². The number of aromatic nitrogens is 2. The van der Waals surface area contributed by atoms with E-state index in [1.807, 2.05) is 0 Å². The van der Waals surface area contributed by atoms with Gasteiger partial charge in [-0.1, -0.05) is 6.92 Å². The molecule has 11 heteroatoms. The maximum Gasteiger partial charge on any atom is 0.413 e. The van der Waals surface area contributed by atoms with E-state index >= 15 is 0 Å². The maximum atomic E-state index is 14.8. The van der Waals surface area contributed by atoms with Crippen molar-refractivity contribution < 1.29 is 31.5 Å². The van der Waals surface area contributed by atoms with Crippen LogP contribution in [-0.2, 0) is 16.1 Å². The first-order valence-corrected chi connectivity index (χ1v) is 10.6. The summed E-state index contributed by atoms with van der Waals surface area (Å²) in [7, 11) is 0. The third kappa shape index (κ3) is 4.25. The van der Waals surface area contributed by atoms with Gasteiger partial charge in [0.05, 0.1) is 17.0 Å². The van der Waals surface area contributed by atoms with Crippen LogP contribution in [0, 0.1) is 0 Å². The van der Waals surface area contributed by atoms with Gasteiger partial charge in [0.25, 0.3) is 12.3 Å². The number of carbonyl (C=O) groups is 1. The average molecular weight is 470 g/mol. The third-order valence-electron chi connectivity index (χ3n) is 6.29. The fourth-order valence-electron chi connectivity index (χ4n) is 4.28. The van der Waals surface area contributed by atoms with Gasteiger partial charge in [-0.2, -0.15) is 0 Å². The van der Waals surface area contributed by atoms with E-state index < -0.39 is 43.1 Å². The molecule has 1 atom stereocenters. The van der Waals surface area contributed by atoms with Crippen LogP contribution >= 0.6 is 0 Å². The van der Waals surface area contributed by atoms with Gasteiger partial charge in [0.15, 0.2) is 6.10 Å². The molecular weight excluding hydrogens is 447 g/mol. The summed E-state index contributed by atoms with van der Waals surface area (Å²) in [6.07, 6.45) is -4.68. The van der Waals surface area contributed by atoms with Crippen molar-refractivity contribution in [2.24, 2.45) is 0 Å². The predicted octanol–water partition coefficient (Wildman–Crippen LogP) is 5.10. The number of alkyl halides is 5. The first kappa shape index (κ1) is 23.3. The molecule has 2 aromatic heterocycles. The number of nitrogens with zero attached hydrogens (tertiary/aromatic N) is 2. The van der Waals surface area contributed by atoms with Gasteiger partial charge >= 0.3 is 6.09 Å². The predicted molar refractivity (Wildman–Crippen MR) is 110 cm³/mol. The van der Waals surface area contributed by atoms with E-state index in [9.17, 15) is 26.7 Å². The van der Waals surface area contributed by atoms with Crippen LogP contribution in [-0.4, -0.2) is 42.3 Å². The number of pyridine rings is 2. The Hall–Kier alpha value is -2.82. The van der Waals surface area contributed by atoms with Crippen LogP contribution in [0.5, 0.6) is 0 Å². The molecule has 2 aliphatic rings. The van der Waals surface area contributed by atoms with Crippen LogP contribution < -0.4 is 10.6 Å². The quantitative estimate of drug-likeness (QED) is 0.575. The Kier molecular flexibility index (Phi) is 6.26. The zero-order chi connectivity index (χ0) is 23.8. The van der Waals surface area contributed by atoms with E-state index in [1.165, 1.54) is 25.3 Å². The number of halogens is 5. The molecule has 0 spiro atoms. The van der Waals surface area contributed by atoms with E-state index in [2.05, 4.69) is 20.6 Å². The number of hydrogen-bond donors (Lipinski definition) is 2. The second-order valence-corrected chi connectivity index (χ2v) is 8.25. The van der Waals surface area contributed by atoms with Crippen LogP contribution in [0.15, 0.2) is 24.4 Å². The lowest BCUT2D eigenvalue weighted by molar-refractivity contribution is -0.0168. The Morgan fingerprint density at radius 3 is 2.64 bits per heavy atom. The molecule has 0 radical (unpaired) electrons. The van der Waals surface area contributed by atoms with Crippen molar-refractivity contribution in [1.29, 1.82) is 0 Å². The Morgan fingerprint density at radius 2 is 2.00 bits per heavy atom. The molecule has 1 amide bonds. The number of ether oxygens (including phenoxy) is 1. The summed E-state index contributed by atoms with van der Waals surface area (Å²) in [5.41, 5.74) is -1.44. The number of nitrogens with one attached hydrogen (secondary N) is 2. The molecule has 0 aromatic carbocycles. The van der Waals surface area contributed by atoms with Gasteiger partial charge < -0.3 is 10.1 Å². The molecule has 4 heterocycles. The van der Waals surface area contributed by atoms with E-state index in [1.54, 1.807) is 0 Å². The Labute approximate surface area is 186 Å². The molecule has 6 nitrogen and oxygen atoms in total. The molecule has 2 aromatic rings. The number of carbonyl (C=O) groups excluding carboxylic acids is 1. The molecular formula is C22H23F5N4O2. The fourth-order valence-corrected chi connectivity index (χ4v) is 4.28. The first-order chi connectivity index (χ1) is 15.7. The van der Waals surface area contributed by atoms with Crippen LogP contribution in [0.3, 0.4) is 0 Å². The van der Waals surface area contributed by atoms with E-state index in [0.29, 0.717) is 25.9 Å². The van der Waals surface area contributed by atoms with Crippen LogP contribution in [0.25, 0.3) is 11.3 Å². The SMILES string of the molecule is CCC(F)(F)c1cc(-c2ccnc3c2[C@H](C(F)F)OC(=O)N3)nc(C2(CF)CCNCC2)c1. The van der Waals surface area contributed by atoms with Gasteiger partial charge in [-0.25, -0.2) is 27.3 Å². The smallest absolute Gasteiger partial charge is 0.413 e. The van der Waals surface area contributed by atoms with Crippen molar-refractivity contribution in [1.82, 2.24) is 15.3 Å². The minimum absolute atomic E-state index is 0.0361. The number of hydrogen-bond acceptors (Lipinski definition) is 5. The molecule has 2 N–H and O–H groups in total. The standard InChI is InChI=1S/C22H23F5N4O2/c1-2-22(26,27)12-9-14(30-15(10-12)21(11-23)4-7-28-8-5-21)13-3-6-29-19-16(13)17(18(24)25)33-20(32)31-19/h3,6,9-10,17-18,28H,2,4-5,7-8,11H2,1H3,(H,29,31,32)/t17-/m1/s1. The highest BCUT2D eigenvalue weighted by Gasteiger charge is 2.40. The summed E-state index contributed by atoms with van der Waals surface area (Å²) in [5, 5.41) is 5.38. The van der Waals surface area contributed by atoms with Crippen LogP contribution in [0.1, 0.15) is 49.1 Å². The average Bonchev–Trinajstić information content (AvgIpc) is 2.83. The third-order valence-corrected chi connectivity index (χ3v) is 6.29. The summed E-state index contributed by atoms with van der Waals surface area (Å²) < 4.78 is 76.2. The summed E-state index contributed by atoms with van der Waals surface area (Å²) in [6, 6.07) is 3.68. The summed E-state index contributed by atoms with van der Waals surface area (Å²) >= 11 is 0. The summed E-state index contributed by atoms with van der Waals surface area (Å²) in [4.78, 5) is 20.1. The zero-order valence-electron chi connectivity index (χ0n) is 17.8. The van der Waals surface area contributed by atoms with Gasteiger partial charge in [0.2, 0.25) is 0 Å². The number of fused-ring (bicyclic) bond motifs is 1. The number of rotatable bonds is 6. The molecule has 0 saturated carbocycles. The Balaban J connectivity index is 1.95. The van der Waals surface area contributed by atoms with Crippen LogP contribution in [0.4, 0.5) is 32.6 Å². The van der Waals surface area contributed by atoms with Gasteiger partial charge in [-0.05, 0) is 44.1 Å². The maximum absolute atomic E-state index is 14.8. The zero-order valence-corrected chi connectivity index (χ0v) is 17.8. The largest absolute Gasteiger partial charge is 0.435 e. The fraction of sp³-hybridized carbons (Fsp3) is 0.500. The molecule has 178 valence electrons. The number of amides is 1. The number of piperidine rings is 1. The number of cyclic esters (lactones) is 1. The molecule has 2 aliphatic heterocycles. The van der Waals surface area contributed by atoms with Crippen molar-refractivity contribution in [2.45, 2.75) is 50.1 Å². The van der Waals surface area contributed by atoms with Gasteiger partial charge in [0, 0.05) is 29.2 Å². The summed E-state index contributed by atoms with van der Waals surface area (Å²) in [6.45, 7) is 1.51. The molecule has 33 heavy (non-hydrogen) atoms. The highest BCUT2D eigenvalue weighted by Crippen LogP contribution is 2.43. The van der Waals surface area contributed by atoms with Crippen molar-refractivity contribution in [3.8, 4) is 11.3 Å². The topological polar surface area (TPSA) is 76.1 Å². The normalized spacial score (nSPS) is 20.2. The lowest BCUT2D eigenvalue weighted by Gasteiger charge is -2.35. The van der Waals surface area contributed by atoms with Crippen molar-refractivity contribution in [3.63, 3.8) is 0 Å². The monoisotopic (exact) mass is 470 g/mol.